The van der Waals surface area contributed by atoms with Gasteiger partial charge in [-0.25, -0.2) is 0 Å². The highest BCUT2D eigenvalue weighted by Gasteiger charge is 2.40. The van der Waals surface area contributed by atoms with Crippen molar-refractivity contribution in [2.24, 2.45) is 4.99 Å². The number of aryl methyl sites for hydroxylation is 1. The zero-order valence-corrected chi connectivity index (χ0v) is 18.2. The average Bonchev–Trinajstić information content (AvgIpc) is 3.25. The Morgan fingerprint density at radius 2 is 1.89 bits per heavy atom. The summed E-state index contributed by atoms with van der Waals surface area (Å²) in [6.45, 7) is 3.89. The molecule has 1 aromatic heterocycles. The fourth-order valence-electron chi connectivity index (χ4n) is 3.60. The number of nitrogens with zero attached hydrogens (tertiary/aromatic N) is 4. The summed E-state index contributed by atoms with van der Waals surface area (Å²) in [5, 5.41) is 11.0. The molecule has 4 rings (SSSR count). The van der Waals surface area contributed by atoms with Crippen LogP contribution in [-0.4, -0.2) is 32.2 Å². The van der Waals surface area contributed by atoms with Crippen molar-refractivity contribution in [3.05, 3.63) is 44.8 Å². The van der Waals surface area contributed by atoms with E-state index in [2.05, 4.69) is 10.2 Å². The quantitative estimate of drug-likeness (QED) is 0.572. The number of aromatic nitrogens is 2. The Hall–Kier alpha value is -1.70. The molecule has 1 saturated heterocycles. The summed E-state index contributed by atoms with van der Waals surface area (Å²) in [6, 6.07) is 7.81. The summed E-state index contributed by atoms with van der Waals surface area (Å²) < 4.78 is 0. The molecule has 1 aromatic carbocycles. The lowest BCUT2D eigenvalue weighted by atomic mass is 9.94. The van der Waals surface area contributed by atoms with Crippen LogP contribution in [0.5, 0.6) is 0 Å². The number of halogens is 1. The molecular formula is C20H21ClN4OS2. The molecule has 2 aliphatic rings. The van der Waals surface area contributed by atoms with Crippen LogP contribution >= 0.6 is 34.7 Å². The van der Waals surface area contributed by atoms with E-state index in [1.165, 1.54) is 29.5 Å². The van der Waals surface area contributed by atoms with E-state index >= 15 is 0 Å². The lowest BCUT2D eigenvalue weighted by Crippen LogP contribution is -2.40. The van der Waals surface area contributed by atoms with E-state index in [1.54, 1.807) is 0 Å². The Bertz CT molecular complexity index is 945. The number of hydrogen-bond acceptors (Lipinski definition) is 6. The lowest BCUT2D eigenvalue weighted by molar-refractivity contribution is -0.124. The third-order valence-electron chi connectivity index (χ3n) is 5.08. The summed E-state index contributed by atoms with van der Waals surface area (Å²) in [5.41, 5.74) is 1.95. The van der Waals surface area contributed by atoms with Crippen LogP contribution in [0.25, 0.3) is 5.57 Å². The molecule has 2 aromatic rings. The minimum atomic E-state index is 0.0457. The van der Waals surface area contributed by atoms with Crippen molar-refractivity contribution < 1.29 is 4.79 Å². The first-order valence-corrected chi connectivity index (χ1v) is 11.4. The molecule has 1 amide bonds. The van der Waals surface area contributed by atoms with Crippen LogP contribution < -0.4 is 0 Å². The number of benzene rings is 1. The van der Waals surface area contributed by atoms with E-state index in [0.29, 0.717) is 10.2 Å². The molecule has 2 fully saturated rings. The molecule has 5 nitrogen and oxygen atoms in total. The van der Waals surface area contributed by atoms with Crippen molar-refractivity contribution in [3.8, 4) is 0 Å². The van der Waals surface area contributed by atoms with Crippen LogP contribution in [0.4, 0.5) is 5.13 Å². The molecule has 0 bridgehead atoms. The molecule has 28 heavy (non-hydrogen) atoms. The topological polar surface area (TPSA) is 58.5 Å². The first kappa shape index (κ1) is 19.6. The average molecular weight is 433 g/mol. The number of amidine groups is 1. The van der Waals surface area contributed by atoms with Crippen molar-refractivity contribution in [1.29, 1.82) is 0 Å². The molecule has 0 atom stereocenters. The van der Waals surface area contributed by atoms with Crippen molar-refractivity contribution in [2.45, 2.75) is 52.0 Å². The minimum absolute atomic E-state index is 0.0457. The Kier molecular flexibility index (Phi) is 5.85. The summed E-state index contributed by atoms with van der Waals surface area (Å²) in [7, 11) is 0. The number of carbonyl (C=O) groups is 1. The maximum Gasteiger partial charge on any atom is 0.267 e. The fraction of sp³-hybridized carbons (Fsp3) is 0.400. The highest BCUT2D eigenvalue weighted by molar-refractivity contribution is 8.18. The van der Waals surface area contributed by atoms with Gasteiger partial charge in [0.1, 0.15) is 5.01 Å². The molecule has 1 aliphatic heterocycles. The normalized spacial score (nSPS) is 21.6. The molecular weight excluding hydrogens is 412 g/mol. The number of thioether (sulfide) groups is 1. The maximum absolute atomic E-state index is 13.4. The molecule has 1 saturated carbocycles. The zero-order valence-electron chi connectivity index (χ0n) is 15.8. The van der Waals surface area contributed by atoms with E-state index in [-0.39, 0.29) is 11.9 Å². The number of allylic oxidation sites excluding steroid dienone is 1. The maximum atomic E-state index is 13.4. The van der Waals surface area contributed by atoms with Gasteiger partial charge in [-0.15, -0.1) is 10.2 Å². The van der Waals surface area contributed by atoms with Crippen molar-refractivity contribution in [3.63, 3.8) is 0 Å². The first-order chi connectivity index (χ1) is 13.5. The Labute approximate surface area is 177 Å². The van der Waals surface area contributed by atoms with Gasteiger partial charge in [-0.2, -0.15) is 4.99 Å². The molecule has 0 spiro atoms. The predicted molar refractivity (Wildman–Crippen MR) is 117 cm³/mol. The van der Waals surface area contributed by atoms with Gasteiger partial charge in [0.25, 0.3) is 5.91 Å². The Balaban J connectivity index is 1.73. The van der Waals surface area contributed by atoms with Gasteiger partial charge in [0.15, 0.2) is 5.17 Å². The highest BCUT2D eigenvalue weighted by atomic mass is 35.5. The van der Waals surface area contributed by atoms with Crippen LogP contribution in [0.3, 0.4) is 0 Å². The van der Waals surface area contributed by atoms with Crippen LogP contribution in [0.2, 0.25) is 5.02 Å². The van der Waals surface area contributed by atoms with Gasteiger partial charge >= 0.3 is 0 Å². The van der Waals surface area contributed by atoms with Gasteiger partial charge in [-0.05, 0) is 61.7 Å². The van der Waals surface area contributed by atoms with Gasteiger partial charge in [0.05, 0.1) is 4.91 Å². The van der Waals surface area contributed by atoms with Gasteiger partial charge in [-0.3, -0.25) is 9.69 Å². The third-order valence-corrected chi connectivity index (χ3v) is 7.22. The lowest BCUT2D eigenvalue weighted by Gasteiger charge is -2.30. The molecule has 2 heterocycles. The predicted octanol–water partition coefficient (Wildman–Crippen LogP) is 5.83. The standard InChI is InChI=1S/C20H21ClN4OS2/c1-12(14-8-10-15(21)11-9-14)17-18(26)25(16-6-4-3-5-7-16)20(28-17)22-19-24-23-13(2)27-19/h8-11,16H,3-7H2,1-2H3/b17-12-,22-20+. The van der Waals surface area contributed by atoms with Crippen LogP contribution in [0, 0.1) is 6.92 Å². The van der Waals surface area contributed by atoms with Gasteiger partial charge in [0, 0.05) is 11.1 Å². The van der Waals surface area contributed by atoms with Gasteiger partial charge < -0.3 is 0 Å². The Morgan fingerprint density at radius 3 is 2.54 bits per heavy atom. The summed E-state index contributed by atoms with van der Waals surface area (Å²) >= 11 is 8.90. The van der Waals surface area contributed by atoms with Crippen LogP contribution in [0.1, 0.15) is 49.6 Å². The molecule has 0 N–H and O–H groups in total. The number of carbonyl (C=O) groups excluding carboxylic acids is 1. The van der Waals surface area contributed by atoms with Crippen molar-refractivity contribution >= 4 is 56.5 Å². The Morgan fingerprint density at radius 1 is 1.18 bits per heavy atom. The molecule has 0 unspecified atom stereocenters. The smallest absolute Gasteiger partial charge is 0.267 e. The van der Waals surface area contributed by atoms with Crippen LogP contribution in [0.15, 0.2) is 34.2 Å². The van der Waals surface area contributed by atoms with E-state index in [9.17, 15) is 4.79 Å². The van der Waals surface area contributed by atoms with Crippen molar-refractivity contribution in [1.82, 2.24) is 15.1 Å². The van der Waals surface area contributed by atoms with Gasteiger partial charge in [-0.1, -0.05) is 54.3 Å². The number of amides is 1. The number of rotatable bonds is 3. The second-order valence-electron chi connectivity index (χ2n) is 7.03. The fourth-order valence-corrected chi connectivity index (χ4v) is 5.44. The molecule has 8 heteroatoms. The minimum Gasteiger partial charge on any atom is -0.283 e. The van der Waals surface area contributed by atoms with Crippen LogP contribution in [-0.2, 0) is 4.79 Å². The molecule has 1 aliphatic carbocycles. The second-order valence-corrected chi connectivity index (χ2v) is 9.60. The summed E-state index contributed by atoms with van der Waals surface area (Å²) in [4.78, 5) is 20.7. The monoisotopic (exact) mass is 432 g/mol. The molecule has 146 valence electrons. The zero-order chi connectivity index (χ0) is 19.7. The molecule has 0 radical (unpaired) electrons. The third kappa shape index (κ3) is 4.02. The summed E-state index contributed by atoms with van der Waals surface area (Å²) in [6.07, 6.45) is 5.58. The van der Waals surface area contributed by atoms with Crippen molar-refractivity contribution in [2.75, 3.05) is 0 Å². The van der Waals surface area contributed by atoms with E-state index in [4.69, 9.17) is 16.6 Å². The van der Waals surface area contributed by atoms with E-state index < -0.39 is 0 Å². The largest absolute Gasteiger partial charge is 0.283 e. The highest BCUT2D eigenvalue weighted by Crippen LogP contribution is 2.41. The summed E-state index contributed by atoms with van der Waals surface area (Å²) in [5.74, 6) is 0.0457. The number of hydrogen-bond donors (Lipinski definition) is 0. The van der Waals surface area contributed by atoms with E-state index in [0.717, 1.165) is 51.9 Å². The number of aliphatic imine (C=N–C) groups is 1. The van der Waals surface area contributed by atoms with Gasteiger partial charge in [0.2, 0.25) is 5.13 Å². The first-order valence-electron chi connectivity index (χ1n) is 9.40. The van der Waals surface area contributed by atoms with E-state index in [1.807, 2.05) is 43.0 Å². The second kappa shape index (κ2) is 8.35. The SMILES string of the molecule is C/C(=C1/S/C(=N/c2nnc(C)s2)N(C2CCCCC2)C1=O)c1ccc(Cl)cc1.